The van der Waals surface area contributed by atoms with Crippen molar-refractivity contribution in [3.8, 4) is 5.75 Å². The molecular weight excluding hydrogens is 178 g/mol. The molecule has 1 amide bonds. The quantitative estimate of drug-likeness (QED) is 0.723. The Kier molecular flexibility index (Phi) is 3.51. The number of rotatable bonds is 3. The number of benzene rings is 1. The molecule has 1 atom stereocenters. The van der Waals surface area contributed by atoms with Crippen LogP contribution in [0.3, 0.4) is 0 Å². The topological polar surface area (TPSA) is 29.5 Å². The number of ether oxygens (including phenoxy) is 1. The molecule has 0 aliphatic rings. The van der Waals surface area contributed by atoms with Crippen LogP contribution in [0.1, 0.15) is 6.92 Å². The first-order chi connectivity index (χ1) is 6.61. The summed E-state index contributed by atoms with van der Waals surface area (Å²) in [5, 5.41) is 0. The second-order valence-electron chi connectivity index (χ2n) is 3.22. The second-order valence-corrected chi connectivity index (χ2v) is 3.22. The van der Waals surface area contributed by atoms with E-state index in [4.69, 9.17) is 4.74 Å². The Balaban J connectivity index is 2.57. The molecule has 0 aromatic heterocycles. The lowest BCUT2D eigenvalue weighted by atomic mass is 10.3. The van der Waals surface area contributed by atoms with Crippen LogP contribution in [-0.4, -0.2) is 31.0 Å². The van der Waals surface area contributed by atoms with Gasteiger partial charge in [-0.25, -0.2) is 0 Å². The number of carbonyl (C=O) groups excluding carboxylic acids is 1. The zero-order valence-electron chi connectivity index (χ0n) is 8.65. The van der Waals surface area contributed by atoms with Gasteiger partial charge in [0, 0.05) is 20.2 Å². The Morgan fingerprint density at radius 3 is 2.71 bits per heavy atom. The van der Waals surface area contributed by atoms with Crippen molar-refractivity contribution in [3.63, 3.8) is 0 Å². The molecule has 14 heavy (non-hydrogen) atoms. The van der Waals surface area contributed by atoms with E-state index in [1.54, 1.807) is 33.2 Å². The van der Waals surface area contributed by atoms with Crippen molar-refractivity contribution in [1.82, 2.24) is 4.90 Å². The molecule has 0 fully saturated rings. The van der Waals surface area contributed by atoms with Gasteiger partial charge >= 0.3 is 0 Å². The van der Waals surface area contributed by atoms with Crippen LogP contribution in [0.15, 0.2) is 24.3 Å². The van der Waals surface area contributed by atoms with Crippen LogP contribution in [0, 0.1) is 6.07 Å². The molecule has 0 saturated carbocycles. The van der Waals surface area contributed by atoms with Crippen molar-refractivity contribution < 1.29 is 9.53 Å². The zero-order chi connectivity index (χ0) is 10.6. The highest BCUT2D eigenvalue weighted by Gasteiger charge is 2.15. The summed E-state index contributed by atoms with van der Waals surface area (Å²) in [4.78, 5) is 12.9. The molecule has 1 unspecified atom stereocenters. The van der Waals surface area contributed by atoms with Gasteiger partial charge in [-0.15, -0.1) is 0 Å². The molecule has 0 aliphatic heterocycles. The smallest absolute Gasteiger partial charge is 0.262 e. The summed E-state index contributed by atoms with van der Waals surface area (Å²) in [6.45, 7) is 1.73. The molecular formula is C11H14NO2. The van der Waals surface area contributed by atoms with Crippen LogP contribution in [0.5, 0.6) is 5.75 Å². The average Bonchev–Trinajstić information content (AvgIpc) is 2.18. The van der Waals surface area contributed by atoms with Crippen LogP contribution >= 0.6 is 0 Å². The molecule has 0 saturated heterocycles. The maximum Gasteiger partial charge on any atom is 0.262 e. The lowest BCUT2D eigenvalue weighted by Crippen LogP contribution is -2.35. The Morgan fingerprint density at radius 1 is 1.50 bits per heavy atom. The van der Waals surface area contributed by atoms with Gasteiger partial charge < -0.3 is 9.64 Å². The highest BCUT2D eigenvalue weighted by molar-refractivity contribution is 5.80. The predicted molar refractivity (Wildman–Crippen MR) is 54.1 cm³/mol. The van der Waals surface area contributed by atoms with E-state index < -0.39 is 6.10 Å². The fraction of sp³-hybridized carbons (Fsp3) is 0.364. The third-order valence-corrected chi connectivity index (χ3v) is 1.77. The third kappa shape index (κ3) is 2.76. The van der Waals surface area contributed by atoms with Gasteiger partial charge in [0.15, 0.2) is 6.10 Å². The second kappa shape index (κ2) is 4.65. The molecule has 0 heterocycles. The van der Waals surface area contributed by atoms with Crippen molar-refractivity contribution >= 4 is 5.91 Å². The molecule has 3 heteroatoms. The van der Waals surface area contributed by atoms with E-state index in [2.05, 4.69) is 6.07 Å². The van der Waals surface area contributed by atoms with E-state index in [9.17, 15) is 4.79 Å². The van der Waals surface area contributed by atoms with E-state index in [1.165, 1.54) is 4.90 Å². The zero-order valence-corrected chi connectivity index (χ0v) is 8.65. The number of amides is 1. The van der Waals surface area contributed by atoms with E-state index in [0.29, 0.717) is 5.75 Å². The van der Waals surface area contributed by atoms with Gasteiger partial charge in [0.25, 0.3) is 5.91 Å². The van der Waals surface area contributed by atoms with E-state index in [0.717, 1.165) is 0 Å². The van der Waals surface area contributed by atoms with Crippen molar-refractivity contribution in [1.29, 1.82) is 0 Å². The van der Waals surface area contributed by atoms with Gasteiger partial charge in [-0.3, -0.25) is 4.79 Å². The van der Waals surface area contributed by atoms with Crippen LogP contribution < -0.4 is 4.74 Å². The molecule has 75 valence electrons. The molecule has 1 aromatic rings. The molecule has 1 radical (unpaired) electrons. The number of hydrogen-bond acceptors (Lipinski definition) is 2. The van der Waals surface area contributed by atoms with Crippen molar-refractivity contribution in [2.24, 2.45) is 0 Å². The Bertz CT molecular complexity index is 295. The van der Waals surface area contributed by atoms with E-state index >= 15 is 0 Å². The van der Waals surface area contributed by atoms with Crippen molar-refractivity contribution in [2.45, 2.75) is 13.0 Å². The van der Waals surface area contributed by atoms with Gasteiger partial charge in [0.05, 0.1) is 0 Å². The molecule has 3 nitrogen and oxygen atoms in total. The first-order valence-corrected chi connectivity index (χ1v) is 4.46. The number of hydrogen-bond donors (Lipinski definition) is 0. The van der Waals surface area contributed by atoms with Gasteiger partial charge in [0.2, 0.25) is 0 Å². The molecule has 1 aromatic carbocycles. The van der Waals surface area contributed by atoms with Gasteiger partial charge in [-0.2, -0.15) is 0 Å². The average molecular weight is 192 g/mol. The molecule has 1 rings (SSSR count). The normalized spacial score (nSPS) is 11.9. The van der Waals surface area contributed by atoms with Crippen molar-refractivity contribution in [3.05, 3.63) is 30.3 Å². The minimum atomic E-state index is -0.469. The largest absolute Gasteiger partial charge is 0.480 e. The van der Waals surface area contributed by atoms with Crippen LogP contribution in [0.4, 0.5) is 0 Å². The first-order valence-electron chi connectivity index (χ1n) is 4.46. The monoisotopic (exact) mass is 192 g/mol. The third-order valence-electron chi connectivity index (χ3n) is 1.77. The number of likely N-dealkylation sites (N-methyl/N-ethyl adjacent to an activating group) is 1. The maximum atomic E-state index is 11.4. The molecule has 0 bridgehead atoms. The Hall–Kier alpha value is -1.51. The molecule has 0 spiro atoms. The summed E-state index contributed by atoms with van der Waals surface area (Å²) in [5.41, 5.74) is 0. The Morgan fingerprint density at radius 2 is 2.21 bits per heavy atom. The fourth-order valence-corrected chi connectivity index (χ4v) is 1.05. The minimum absolute atomic E-state index is 0.0535. The summed E-state index contributed by atoms with van der Waals surface area (Å²) in [5.74, 6) is 0.539. The van der Waals surface area contributed by atoms with Crippen molar-refractivity contribution in [2.75, 3.05) is 14.1 Å². The maximum absolute atomic E-state index is 11.4. The van der Waals surface area contributed by atoms with Crippen LogP contribution in [0.2, 0.25) is 0 Å². The van der Waals surface area contributed by atoms with Crippen LogP contribution in [0.25, 0.3) is 0 Å². The SMILES string of the molecule is CC(Oc1[c]cccc1)C(=O)N(C)C. The summed E-state index contributed by atoms with van der Waals surface area (Å²) in [6, 6.07) is 10.1. The fourth-order valence-electron chi connectivity index (χ4n) is 1.05. The van der Waals surface area contributed by atoms with E-state index in [-0.39, 0.29) is 5.91 Å². The summed E-state index contributed by atoms with van der Waals surface area (Å²) in [6.07, 6.45) is -0.469. The van der Waals surface area contributed by atoms with Gasteiger partial charge in [-0.05, 0) is 13.0 Å². The number of nitrogens with zero attached hydrogens (tertiary/aromatic N) is 1. The van der Waals surface area contributed by atoms with Gasteiger partial charge in [0.1, 0.15) is 5.75 Å². The summed E-state index contributed by atoms with van der Waals surface area (Å²) < 4.78 is 5.39. The number of carbonyl (C=O) groups is 1. The van der Waals surface area contributed by atoms with Crippen LogP contribution in [-0.2, 0) is 4.79 Å². The van der Waals surface area contributed by atoms with E-state index in [1.807, 2.05) is 12.1 Å². The lowest BCUT2D eigenvalue weighted by Gasteiger charge is -2.17. The summed E-state index contributed by atoms with van der Waals surface area (Å²) in [7, 11) is 3.41. The highest BCUT2D eigenvalue weighted by Crippen LogP contribution is 2.10. The highest BCUT2D eigenvalue weighted by atomic mass is 16.5. The summed E-state index contributed by atoms with van der Waals surface area (Å²) >= 11 is 0. The lowest BCUT2D eigenvalue weighted by molar-refractivity contribution is -0.135. The Labute approximate surface area is 84.3 Å². The predicted octanol–water partition coefficient (Wildman–Crippen LogP) is 1.34. The number of para-hydroxylation sites is 1. The molecule has 0 N–H and O–H groups in total. The van der Waals surface area contributed by atoms with Gasteiger partial charge in [-0.1, -0.05) is 18.2 Å². The minimum Gasteiger partial charge on any atom is -0.480 e. The first kappa shape index (κ1) is 10.6. The standard InChI is InChI=1S/C11H14NO2/c1-9(11(13)12(2)3)14-10-7-5-4-6-8-10/h4-7,9H,1-3H3. The molecule has 0 aliphatic carbocycles.